The minimum atomic E-state index is 0.710. The fourth-order valence-corrected chi connectivity index (χ4v) is 4.39. The van der Waals surface area contributed by atoms with Crippen LogP contribution < -0.4 is 10.2 Å². The van der Waals surface area contributed by atoms with E-state index in [9.17, 15) is 0 Å². The van der Waals surface area contributed by atoms with Crippen molar-refractivity contribution in [1.82, 2.24) is 0 Å². The molecule has 0 radical (unpaired) electrons. The molecule has 1 N–H and O–H groups in total. The molecule has 3 aliphatic rings. The van der Waals surface area contributed by atoms with Crippen molar-refractivity contribution in [1.29, 1.82) is 0 Å². The SMILES string of the molecule is C1=CC(CNc2ccccc2N2CC3CCC2C3)CCC1. The average Bonchev–Trinajstić information content (AvgIpc) is 3.17. The number of hydrogen-bond acceptors (Lipinski definition) is 2. The van der Waals surface area contributed by atoms with Crippen molar-refractivity contribution in [2.45, 2.75) is 44.6 Å². The Labute approximate surface area is 128 Å². The molecule has 1 aromatic carbocycles. The molecule has 2 nitrogen and oxygen atoms in total. The van der Waals surface area contributed by atoms with Crippen molar-refractivity contribution in [2.24, 2.45) is 11.8 Å². The van der Waals surface area contributed by atoms with E-state index in [2.05, 4.69) is 46.6 Å². The first-order valence-electron chi connectivity index (χ1n) is 8.66. The molecule has 1 aromatic rings. The van der Waals surface area contributed by atoms with Crippen LogP contribution in [0.25, 0.3) is 0 Å². The highest BCUT2D eigenvalue weighted by Gasteiger charge is 2.38. The van der Waals surface area contributed by atoms with Gasteiger partial charge in [0.25, 0.3) is 0 Å². The summed E-state index contributed by atoms with van der Waals surface area (Å²) in [6.45, 7) is 2.35. The Bertz CT molecular complexity index is 522. The van der Waals surface area contributed by atoms with Crippen LogP contribution in [0.3, 0.4) is 0 Å². The Morgan fingerprint density at radius 3 is 2.86 bits per heavy atom. The summed E-state index contributed by atoms with van der Waals surface area (Å²) < 4.78 is 0. The van der Waals surface area contributed by atoms with Gasteiger partial charge in [0.2, 0.25) is 0 Å². The first-order valence-corrected chi connectivity index (χ1v) is 8.66. The first kappa shape index (κ1) is 13.2. The van der Waals surface area contributed by atoms with Crippen LogP contribution in [0.2, 0.25) is 0 Å². The van der Waals surface area contributed by atoms with Crippen LogP contribution >= 0.6 is 0 Å². The highest BCUT2D eigenvalue weighted by molar-refractivity contribution is 5.71. The van der Waals surface area contributed by atoms with Gasteiger partial charge in [0, 0.05) is 19.1 Å². The Hall–Kier alpha value is -1.44. The average molecular weight is 282 g/mol. The molecular weight excluding hydrogens is 256 g/mol. The maximum Gasteiger partial charge on any atom is 0.0604 e. The second kappa shape index (κ2) is 5.75. The molecule has 1 heterocycles. The van der Waals surface area contributed by atoms with E-state index in [4.69, 9.17) is 0 Å². The number of hydrogen-bond donors (Lipinski definition) is 1. The van der Waals surface area contributed by atoms with Crippen LogP contribution in [-0.4, -0.2) is 19.1 Å². The summed E-state index contributed by atoms with van der Waals surface area (Å²) in [7, 11) is 0. The zero-order valence-corrected chi connectivity index (χ0v) is 12.8. The molecule has 0 spiro atoms. The van der Waals surface area contributed by atoms with Gasteiger partial charge in [0.15, 0.2) is 0 Å². The quantitative estimate of drug-likeness (QED) is 0.821. The molecule has 3 atom stereocenters. The Balaban J connectivity index is 1.47. The summed E-state index contributed by atoms with van der Waals surface area (Å²) in [5.41, 5.74) is 2.77. The number of piperidine rings is 1. The predicted molar refractivity (Wildman–Crippen MR) is 89.9 cm³/mol. The molecule has 2 aliphatic carbocycles. The summed E-state index contributed by atoms with van der Waals surface area (Å²) in [4.78, 5) is 2.66. The maximum absolute atomic E-state index is 3.73. The van der Waals surface area contributed by atoms with Crippen molar-refractivity contribution in [3.05, 3.63) is 36.4 Å². The molecule has 2 fully saturated rings. The number of rotatable bonds is 4. The van der Waals surface area contributed by atoms with Gasteiger partial charge in [-0.2, -0.15) is 0 Å². The predicted octanol–water partition coefficient (Wildman–Crippen LogP) is 4.44. The van der Waals surface area contributed by atoms with Gasteiger partial charge < -0.3 is 10.2 Å². The molecule has 0 aromatic heterocycles. The maximum atomic E-state index is 3.73. The number of fused-ring (bicyclic) bond motifs is 2. The standard InChI is InChI=1S/C19H26N2/c1-2-6-15(7-3-1)13-20-18-8-4-5-9-19(18)21-14-16-10-11-17(21)12-16/h2,4-6,8-9,15-17,20H,1,3,7,10-14H2. The van der Waals surface area contributed by atoms with E-state index in [0.717, 1.165) is 18.5 Å². The monoisotopic (exact) mass is 282 g/mol. The Morgan fingerprint density at radius 2 is 2.10 bits per heavy atom. The van der Waals surface area contributed by atoms with E-state index < -0.39 is 0 Å². The van der Waals surface area contributed by atoms with Crippen molar-refractivity contribution >= 4 is 11.4 Å². The van der Waals surface area contributed by atoms with E-state index in [1.165, 1.54) is 56.4 Å². The molecule has 112 valence electrons. The lowest BCUT2D eigenvalue weighted by atomic mass is 9.96. The summed E-state index contributed by atoms with van der Waals surface area (Å²) in [6, 6.07) is 9.71. The zero-order valence-electron chi connectivity index (χ0n) is 12.8. The summed E-state index contributed by atoms with van der Waals surface area (Å²) >= 11 is 0. The van der Waals surface area contributed by atoms with Crippen molar-refractivity contribution in [3.8, 4) is 0 Å². The number of allylic oxidation sites excluding steroid dienone is 1. The molecular formula is C19H26N2. The second-order valence-corrected chi connectivity index (χ2v) is 7.00. The van der Waals surface area contributed by atoms with Crippen LogP contribution in [0.1, 0.15) is 38.5 Å². The van der Waals surface area contributed by atoms with Crippen LogP contribution in [-0.2, 0) is 0 Å². The molecule has 1 aliphatic heterocycles. The number of nitrogens with zero attached hydrogens (tertiary/aromatic N) is 1. The number of nitrogens with one attached hydrogen (secondary N) is 1. The number of benzene rings is 1. The molecule has 1 saturated carbocycles. The lowest BCUT2D eigenvalue weighted by Crippen LogP contribution is -2.32. The minimum absolute atomic E-state index is 0.710. The third kappa shape index (κ3) is 2.68. The van der Waals surface area contributed by atoms with Gasteiger partial charge in [-0.25, -0.2) is 0 Å². The van der Waals surface area contributed by atoms with E-state index >= 15 is 0 Å². The van der Waals surface area contributed by atoms with Gasteiger partial charge in [-0.15, -0.1) is 0 Å². The van der Waals surface area contributed by atoms with Crippen molar-refractivity contribution < 1.29 is 0 Å². The largest absolute Gasteiger partial charge is 0.383 e. The molecule has 4 rings (SSSR count). The molecule has 2 heteroatoms. The molecule has 21 heavy (non-hydrogen) atoms. The molecule has 1 saturated heterocycles. The van der Waals surface area contributed by atoms with Crippen LogP contribution in [0.5, 0.6) is 0 Å². The number of para-hydroxylation sites is 2. The molecule has 0 amide bonds. The van der Waals surface area contributed by atoms with E-state index in [1.54, 1.807) is 0 Å². The minimum Gasteiger partial charge on any atom is -0.383 e. The smallest absolute Gasteiger partial charge is 0.0604 e. The Kier molecular flexibility index (Phi) is 3.62. The van der Waals surface area contributed by atoms with Gasteiger partial charge in [-0.1, -0.05) is 24.3 Å². The Morgan fingerprint density at radius 1 is 1.14 bits per heavy atom. The summed E-state index contributed by atoms with van der Waals surface area (Å²) in [6.07, 6.45) is 13.0. The molecule has 3 unspecified atom stereocenters. The zero-order chi connectivity index (χ0) is 14.1. The lowest BCUT2D eigenvalue weighted by Gasteiger charge is -2.31. The summed E-state index contributed by atoms with van der Waals surface area (Å²) in [5, 5.41) is 3.73. The van der Waals surface area contributed by atoms with Crippen LogP contribution in [0, 0.1) is 11.8 Å². The lowest BCUT2D eigenvalue weighted by molar-refractivity contribution is 0.552. The topological polar surface area (TPSA) is 15.3 Å². The van der Waals surface area contributed by atoms with Gasteiger partial charge in [-0.3, -0.25) is 0 Å². The van der Waals surface area contributed by atoms with Crippen LogP contribution in [0.4, 0.5) is 11.4 Å². The highest BCUT2D eigenvalue weighted by atomic mass is 15.2. The van der Waals surface area contributed by atoms with Gasteiger partial charge >= 0.3 is 0 Å². The van der Waals surface area contributed by atoms with E-state index in [0.29, 0.717) is 5.92 Å². The second-order valence-electron chi connectivity index (χ2n) is 7.00. The van der Waals surface area contributed by atoms with E-state index in [-0.39, 0.29) is 0 Å². The van der Waals surface area contributed by atoms with Crippen LogP contribution in [0.15, 0.2) is 36.4 Å². The number of anilines is 2. The molecule has 2 bridgehead atoms. The van der Waals surface area contributed by atoms with Gasteiger partial charge in [0.05, 0.1) is 11.4 Å². The fraction of sp³-hybridized carbons (Fsp3) is 0.579. The third-order valence-electron chi connectivity index (χ3n) is 5.53. The first-order chi connectivity index (χ1) is 10.4. The normalized spacial score (nSPS) is 30.9. The van der Waals surface area contributed by atoms with Gasteiger partial charge in [0.1, 0.15) is 0 Å². The summed E-state index contributed by atoms with van der Waals surface area (Å²) in [5.74, 6) is 1.66. The third-order valence-corrected chi connectivity index (χ3v) is 5.53. The fourth-order valence-electron chi connectivity index (χ4n) is 4.39. The van der Waals surface area contributed by atoms with Gasteiger partial charge in [-0.05, 0) is 62.5 Å². The van der Waals surface area contributed by atoms with Crippen molar-refractivity contribution in [2.75, 3.05) is 23.3 Å². The highest BCUT2D eigenvalue weighted by Crippen LogP contribution is 2.42. The van der Waals surface area contributed by atoms with E-state index in [1.807, 2.05) is 0 Å². The van der Waals surface area contributed by atoms with Crippen molar-refractivity contribution in [3.63, 3.8) is 0 Å².